The number of aliphatic carboxylic acids is 1. The third-order valence-electron chi connectivity index (χ3n) is 1.39. The Kier molecular flexibility index (Phi) is 3.84. The van der Waals surface area contributed by atoms with Crippen LogP contribution in [0.4, 0.5) is 8.78 Å². The maximum absolute atomic E-state index is 11.8. The van der Waals surface area contributed by atoms with Gasteiger partial charge in [-0.3, -0.25) is 0 Å². The fraction of sp³-hybridized carbons (Fsp3) is 0.222. The van der Waals surface area contributed by atoms with E-state index in [0.717, 1.165) is 0 Å². The molecule has 0 fully saturated rings. The number of hydrogen-bond donors (Lipinski definition) is 1. The van der Waals surface area contributed by atoms with Crippen LogP contribution in [0.15, 0.2) is 24.3 Å². The van der Waals surface area contributed by atoms with Gasteiger partial charge >= 0.3 is 12.6 Å². The van der Waals surface area contributed by atoms with E-state index < -0.39 is 19.2 Å². The number of benzene rings is 1. The number of rotatable bonds is 5. The predicted octanol–water partition coefficient (Wildman–Crippen LogP) is 1.75. The zero-order valence-electron chi connectivity index (χ0n) is 7.52. The van der Waals surface area contributed by atoms with Crippen molar-refractivity contribution in [2.45, 2.75) is 6.61 Å². The van der Waals surface area contributed by atoms with E-state index in [2.05, 4.69) is 4.74 Å². The van der Waals surface area contributed by atoms with Crippen molar-refractivity contribution in [2.75, 3.05) is 6.61 Å². The molecule has 4 nitrogen and oxygen atoms in total. The molecule has 6 heteroatoms. The lowest BCUT2D eigenvalue weighted by atomic mass is 10.3. The molecule has 15 heavy (non-hydrogen) atoms. The largest absolute Gasteiger partial charge is 0.482 e. The van der Waals surface area contributed by atoms with Crippen LogP contribution in [-0.4, -0.2) is 24.3 Å². The summed E-state index contributed by atoms with van der Waals surface area (Å²) in [7, 11) is 0. The molecule has 0 amide bonds. The monoisotopic (exact) mass is 218 g/mol. The number of carboxylic acids is 1. The highest BCUT2D eigenvalue weighted by Crippen LogP contribution is 2.20. The molecular weight excluding hydrogens is 210 g/mol. The van der Waals surface area contributed by atoms with E-state index in [1.807, 2.05) is 0 Å². The Hall–Kier alpha value is -1.85. The van der Waals surface area contributed by atoms with Crippen molar-refractivity contribution in [3.05, 3.63) is 24.3 Å². The lowest BCUT2D eigenvalue weighted by molar-refractivity contribution is -0.139. The van der Waals surface area contributed by atoms with Crippen LogP contribution in [0.3, 0.4) is 0 Å². The third-order valence-corrected chi connectivity index (χ3v) is 1.39. The van der Waals surface area contributed by atoms with Gasteiger partial charge in [0.15, 0.2) is 6.61 Å². The highest BCUT2D eigenvalue weighted by atomic mass is 19.3. The van der Waals surface area contributed by atoms with E-state index in [-0.39, 0.29) is 11.5 Å². The molecule has 1 N–H and O–H groups in total. The Bertz CT molecular complexity index is 341. The second-order valence-corrected chi connectivity index (χ2v) is 2.54. The second kappa shape index (κ2) is 5.14. The molecule has 0 saturated heterocycles. The first kappa shape index (κ1) is 11.2. The SMILES string of the molecule is O=C(O)COc1cccc(OC(F)F)c1. The van der Waals surface area contributed by atoms with Gasteiger partial charge in [0.25, 0.3) is 0 Å². The number of carboxylic acid groups (broad SMARTS) is 1. The molecule has 0 unspecified atom stereocenters. The molecule has 0 radical (unpaired) electrons. The van der Waals surface area contributed by atoms with Crippen molar-refractivity contribution in [1.82, 2.24) is 0 Å². The summed E-state index contributed by atoms with van der Waals surface area (Å²) >= 11 is 0. The average Bonchev–Trinajstić information content (AvgIpc) is 2.14. The van der Waals surface area contributed by atoms with Crippen molar-refractivity contribution in [3.63, 3.8) is 0 Å². The van der Waals surface area contributed by atoms with E-state index in [0.29, 0.717) is 0 Å². The van der Waals surface area contributed by atoms with Gasteiger partial charge in [-0.1, -0.05) is 6.07 Å². The van der Waals surface area contributed by atoms with Gasteiger partial charge in [0.05, 0.1) is 0 Å². The minimum Gasteiger partial charge on any atom is -0.482 e. The van der Waals surface area contributed by atoms with E-state index in [9.17, 15) is 13.6 Å². The smallest absolute Gasteiger partial charge is 0.387 e. The van der Waals surface area contributed by atoms with Gasteiger partial charge in [0, 0.05) is 6.07 Å². The lowest BCUT2D eigenvalue weighted by Crippen LogP contribution is -2.09. The molecule has 1 aromatic carbocycles. The first-order valence-electron chi connectivity index (χ1n) is 3.97. The molecule has 0 saturated carbocycles. The van der Waals surface area contributed by atoms with Crippen molar-refractivity contribution in [3.8, 4) is 11.5 Å². The minimum atomic E-state index is -2.92. The maximum Gasteiger partial charge on any atom is 0.387 e. The van der Waals surface area contributed by atoms with Crippen molar-refractivity contribution in [1.29, 1.82) is 0 Å². The molecule has 0 heterocycles. The van der Waals surface area contributed by atoms with Gasteiger partial charge in [-0.15, -0.1) is 0 Å². The number of hydrogen-bond acceptors (Lipinski definition) is 3. The predicted molar refractivity (Wildman–Crippen MR) is 46.2 cm³/mol. The van der Waals surface area contributed by atoms with Gasteiger partial charge in [0.2, 0.25) is 0 Å². The molecule has 0 aliphatic heterocycles. The summed E-state index contributed by atoms with van der Waals surface area (Å²) in [6.45, 7) is -3.45. The fourth-order valence-electron chi connectivity index (χ4n) is 0.885. The highest BCUT2D eigenvalue weighted by molar-refractivity contribution is 5.68. The molecule has 0 bridgehead atoms. The first-order chi connectivity index (χ1) is 7.08. The molecule has 0 aliphatic carbocycles. The van der Waals surface area contributed by atoms with Crippen LogP contribution in [-0.2, 0) is 4.79 Å². The molecule has 82 valence electrons. The highest BCUT2D eigenvalue weighted by Gasteiger charge is 2.05. The number of carbonyl (C=O) groups is 1. The van der Waals surface area contributed by atoms with E-state index in [4.69, 9.17) is 9.84 Å². The number of alkyl halides is 2. The van der Waals surface area contributed by atoms with Crippen LogP contribution in [0.2, 0.25) is 0 Å². The van der Waals surface area contributed by atoms with E-state index >= 15 is 0 Å². The van der Waals surface area contributed by atoms with Crippen molar-refractivity contribution >= 4 is 5.97 Å². The summed E-state index contributed by atoms with van der Waals surface area (Å²) in [5.41, 5.74) is 0. The maximum atomic E-state index is 11.8. The van der Waals surface area contributed by atoms with Gasteiger partial charge in [-0.25, -0.2) is 4.79 Å². The molecule has 0 atom stereocenters. The van der Waals surface area contributed by atoms with Gasteiger partial charge in [0.1, 0.15) is 11.5 Å². The van der Waals surface area contributed by atoms with Crippen LogP contribution < -0.4 is 9.47 Å². The Morgan fingerprint density at radius 1 is 1.40 bits per heavy atom. The topological polar surface area (TPSA) is 55.8 Å². The average molecular weight is 218 g/mol. The van der Waals surface area contributed by atoms with Gasteiger partial charge < -0.3 is 14.6 Å². The number of ether oxygens (including phenoxy) is 2. The Labute approximate surface area is 84.0 Å². The van der Waals surface area contributed by atoms with Crippen LogP contribution in [0.1, 0.15) is 0 Å². The molecule has 1 rings (SSSR count). The van der Waals surface area contributed by atoms with Gasteiger partial charge in [-0.05, 0) is 12.1 Å². The standard InChI is InChI=1S/C9H8F2O4/c10-9(11)15-7-3-1-2-6(4-7)14-5-8(12)13/h1-4,9H,5H2,(H,12,13). The van der Waals surface area contributed by atoms with E-state index in [1.54, 1.807) is 0 Å². The normalized spacial score (nSPS) is 10.1. The zero-order valence-corrected chi connectivity index (χ0v) is 7.52. The molecular formula is C9H8F2O4. The minimum absolute atomic E-state index is 0.0760. The van der Waals surface area contributed by atoms with Crippen molar-refractivity contribution in [2.24, 2.45) is 0 Å². The number of halogens is 2. The molecule has 0 spiro atoms. The zero-order chi connectivity index (χ0) is 11.3. The molecule has 0 aliphatic rings. The summed E-state index contributed by atoms with van der Waals surface area (Å²) in [5, 5.41) is 8.31. The fourth-order valence-corrected chi connectivity index (χ4v) is 0.885. The van der Waals surface area contributed by atoms with Crippen LogP contribution >= 0.6 is 0 Å². The summed E-state index contributed by atoms with van der Waals surface area (Å²) < 4.78 is 32.5. The van der Waals surface area contributed by atoms with Crippen LogP contribution in [0, 0.1) is 0 Å². The van der Waals surface area contributed by atoms with Crippen LogP contribution in [0.5, 0.6) is 11.5 Å². The Balaban J connectivity index is 2.61. The quantitative estimate of drug-likeness (QED) is 0.817. The van der Waals surface area contributed by atoms with Crippen LogP contribution in [0.25, 0.3) is 0 Å². The van der Waals surface area contributed by atoms with Gasteiger partial charge in [-0.2, -0.15) is 8.78 Å². The lowest BCUT2D eigenvalue weighted by Gasteiger charge is -2.06. The van der Waals surface area contributed by atoms with E-state index in [1.165, 1.54) is 24.3 Å². The Morgan fingerprint density at radius 2 is 2.07 bits per heavy atom. The molecule has 0 aromatic heterocycles. The third kappa shape index (κ3) is 4.26. The second-order valence-electron chi connectivity index (χ2n) is 2.54. The summed E-state index contributed by atoms with van der Waals surface area (Å²) in [4.78, 5) is 10.2. The summed E-state index contributed by atoms with van der Waals surface area (Å²) in [5.74, 6) is -1.06. The first-order valence-corrected chi connectivity index (χ1v) is 3.97. The summed E-state index contributed by atoms with van der Waals surface area (Å²) in [6, 6.07) is 5.38. The van der Waals surface area contributed by atoms with Crippen molar-refractivity contribution < 1.29 is 28.2 Å². The summed E-state index contributed by atoms with van der Waals surface area (Å²) in [6.07, 6.45) is 0. The Morgan fingerprint density at radius 3 is 2.67 bits per heavy atom. The molecule has 1 aromatic rings.